The molecule has 1 aliphatic rings. The predicted molar refractivity (Wildman–Crippen MR) is 117 cm³/mol. The maximum absolute atomic E-state index is 11.9. The van der Waals surface area contributed by atoms with Crippen LogP contribution in [-0.4, -0.2) is 60.9 Å². The molecule has 2 heterocycles. The third-order valence-electron chi connectivity index (χ3n) is 5.24. The molecule has 0 unspecified atom stereocenters. The van der Waals surface area contributed by atoms with Crippen molar-refractivity contribution in [1.82, 2.24) is 15.1 Å². The fourth-order valence-electron chi connectivity index (χ4n) is 2.67. The summed E-state index contributed by atoms with van der Waals surface area (Å²) in [7, 11) is 3.52. The van der Waals surface area contributed by atoms with Gasteiger partial charge in [-0.3, -0.25) is 4.79 Å². The lowest BCUT2D eigenvalue weighted by Crippen LogP contribution is -2.72. The van der Waals surface area contributed by atoms with Crippen LogP contribution >= 0.6 is 35.3 Å². The van der Waals surface area contributed by atoms with Gasteiger partial charge >= 0.3 is 0 Å². The molecule has 1 fully saturated rings. The molecule has 1 N–H and O–H groups in total. The van der Waals surface area contributed by atoms with E-state index in [0.717, 1.165) is 25.5 Å². The Balaban J connectivity index is 0.00000312. The van der Waals surface area contributed by atoms with Crippen molar-refractivity contribution in [3.05, 3.63) is 22.4 Å². The number of nitrogens with one attached hydrogen (secondary N) is 1. The minimum Gasteiger partial charge on any atom is -0.356 e. The van der Waals surface area contributed by atoms with Crippen molar-refractivity contribution in [3.8, 4) is 0 Å². The first kappa shape index (κ1) is 22.2. The average Bonchev–Trinajstić information content (AvgIpc) is 3.01. The molecule has 1 saturated heterocycles. The molecule has 0 aliphatic carbocycles. The molecule has 1 aliphatic heterocycles. The van der Waals surface area contributed by atoms with Crippen LogP contribution in [0.15, 0.2) is 22.5 Å². The maximum atomic E-state index is 11.9. The number of carbonyl (C=O) groups is 1. The van der Waals surface area contributed by atoms with Crippen LogP contribution in [0.25, 0.3) is 0 Å². The Bertz CT molecular complexity index is 596. The Kier molecular flexibility index (Phi) is 7.73. The van der Waals surface area contributed by atoms with Crippen LogP contribution in [0.5, 0.6) is 0 Å². The van der Waals surface area contributed by atoms with Crippen molar-refractivity contribution in [2.45, 2.75) is 39.7 Å². The van der Waals surface area contributed by atoms with Gasteiger partial charge in [-0.05, 0) is 31.7 Å². The van der Waals surface area contributed by atoms with Gasteiger partial charge in [0, 0.05) is 43.0 Å². The van der Waals surface area contributed by atoms with Crippen LogP contribution in [0.1, 0.15) is 32.6 Å². The SMILES string of the molecule is CN(C)C(=O)CN=C(NCCc1cccs1)N1CC(C)(C)C1(C)C.I. The second-order valence-electron chi connectivity index (χ2n) is 7.71. The highest BCUT2D eigenvalue weighted by molar-refractivity contribution is 14.0. The van der Waals surface area contributed by atoms with Crippen molar-refractivity contribution in [1.29, 1.82) is 0 Å². The number of likely N-dealkylation sites (tertiary alicyclic amines) is 1. The first-order valence-electron chi connectivity index (χ1n) is 8.43. The molecule has 0 aromatic carbocycles. The highest BCUT2D eigenvalue weighted by Crippen LogP contribution is 2.46. The van der Waals surface area contributed by atoms with E-state index in [1.54, 1.807) is 30.3 Å². The second-order valence-corrected chi connectivity index (χ2v) is 8.75. The zero-order valence-corrected chi connectivity index (χ0v) is 19.3. The van der Waals surface area contributed by atoms with E-state index in [1.165, 1.54) is 4.88 Å². The van der Waals surface area contributed by atoms with E-state index >= 15 is 0 Å². The molecule has 25 heavy (non-hydrogen) atoms. The number of aliphatic imine (C=N–C) groups is 1. The summed E-state index contributed by atoms with van der Waals surface area (Å²) in [5, 5.41) is 5.56. The topological polar surface area (TPSA) is 47.9 Å². The maximum Gasteiger partial charge on any atom is 0.243 e. The van der Waals surface area contributed by atoms with Gasteiger partial charge < -0.3 is 15.1 Å². The summed E-state index contributed by atoms with van der Waals surface area (Å²) >= 11 is 1.77. The number of nitrogens with zero attached hydrogens (tertiary/aromatic N) is 3. The summed E-state index contributed by atoms with van der Waals surface area (Å²) in [6.45, 7) is 11.0. The van der Waals surface area contributed by atoms with Crippen LogP contribution < -0.4 is 5.32 Å². The molecule has 0 bridgehead atoms. The Morgan fingerprint density at radius 3 is 2.52 bits per heavy atom. The molecule has 1 aromatic rings. The van der Waals surface area contributed by atoms with Crippen LogP contribution in [0.3, 0.4) is 0 Å². The summed E-state index contributed by atoms with van der Waals surface area (Å²) in [5.41, 5.74) is 0.248. The van der Waals surface area contributed by atoms with Gasteiger partial charge in [-0.15, -0.1) is 35.3 Å². The minimum absolute atomic E-state index is 0. The summed E-state index contributed by atoms with van der Waals surface area (Å²) in [5.74, 6) is 0.858. The van der Waals surface area contributed by atoms with Gasteiger partial charge in [-0.2, -0.15) is 0 Å². The van der Waals surface area contributed by atoms with Crippen LogP contribution in [0.2, 0.25) is 0 Å². The molecular formula is C18H31IN4OS. The minimum atomic E-state index is 0. The lowest BCUT2D eigenvalue weighted by Gasteiger charge is -2.62. The summed E-state index contributed by atoms with van der Waals surface area (Å²) in [6.07, 6.45) is 0.968. The van der Waals surface area contributed by atoms with Crippen molar-refractivity contribution >= 4 is 47.2 Å². The molecule has 0 saturated carbocycles. The fraction of sp³-hybridized carbons (Fsp3) is 0.667. The number of rotatable bonds is 5. The van der Waals surface area contributed by atoms with Crippen LogP contribution in [0.4, 0.5) is 0 Å². The number of hydrogen-bond donors (Lipinski definition) is 1. The third kappa shape index (κ3) is 5.09. The number of likely N-dealkylation sites (N-methyl/N-ethyl adjacent to an activating group) is 1. The normalized spacial score (nSPS) is 18.2. The Morgan fingerprint density at radius 1 is 1.36 bits per heavy atom. The third-order valence-corrected chi connectivity index (χ3v) is 6.17. The van der Waals surface area contributed by atoms with E-state index in [1.807, 2.05) is 0 Å². The monoisotopic (exact) mass is 478 g/mol. The van der Waals surface area contributed by atoms with Crippen LogP contribution in [0, 0.1) is 5.41 Å². The Morgan fingerprint density at radius 2 is 2.04 bits per heavy atom. The smallest absolute Gasteiger partial charge is 0.243 e. The first-order chi connectivity index (χ1) is 11.1. The molecule has 2 rings (SSSR count). The molecule has 0 spiro atoms. The highest BCUT2D eigenvalue weighted by atomic mass is 127. The van der Waals surface area contributed by atoms with E-state index in [2.05, 4.69) is 60.4 Å². The van der Waals surface area contributed by atoms with E-state index in [4.69, 9.17) is 0 Å². The largest absolute Gasteiger partial charge is 0.356 e. The zero-order valence-electron chi connectivity index (χ0n) is 16.1. The van der Waals surface area contributed by atoms with Gasteiger partial charge in [-0.25, -0.2) is 4.99 Å². The second kappa shape index (κ2) is 8.70. The molecule has 1 amide bonds. The lowest BCUT2D eigenvalue weighted by molar-refractivity contribution is -0.127. The number of carbonyl (C=O) groups excluding carboxylic acids is 1. The van der Waals surface area contributed by atoms with E-state index in [-0.39, 0.29) is 47.4 Å². The fourth-order valence-corrected chi connectivity index (χ4v) is 3.38. The van der Waals surface area contributed by atoms with Crippen molar-refractivity contribution in [2.75, 3.05) is 33.7 Å². The van der Waals surface area contributed by atoms with Gasteiger partial charge in [0.25, 0.3) is 0 Å². The molecule has 7 heteroatoms. The number of thiophene rings is 1. The Hall–Kier alpha value is -0.830. The number of guanidine groups is 1. The first-order valence-corrected chi connectivity index (χ1v) is 9.31. The van der Waals surface area contributed by atoms with Crippen LogP contribution in [-0.2, 0) is 11.2 Å². The van der Waals surface area contributed by atoms with Gasteiger partial charge in [0.05, 0.1) is 0 Å². The van der Waals surface area contributed by atoms with E-state index in [9.17, 15) is 4.79 Å². The molecule has 142 valence electrons. The molecule has 1 aromatic heterocycles. The van der Waals surface area contributed by atoms with Gasteiger partial charge in [0.2, 0.25) is 5.91 Å². The molecule has 5 nitrogen and oxygen atoms in total. The molecule has 0 radical (unpaired) electrons. The number of hydrogen-bond acceptors (Lipinski definition) is 3. The Labute approximate surface area is 172 Å². The zero-order chi connectivity index (χ0) is 18.0. The van der Waals surface area contributed by atoms with E-state index < -0.39 is 0 Å². The van der Waals surface area contributed by atoms with Gasteiger partial charge in [0.15, 0.2) is 5.96 Å². The molecular weight excluding hydrogens is 447 g/mol. The van der Waals surface area contributed by atoms with Crippen molar-refractivity contribution in [3.63, 3.8) is 0 Å². The van der Waals surface area contributed by atoms with Gasteiger partial charge in [0.1, 0.15) is 6.54 Å². The lowest BCUT2D eigenvalue weighted by atomic mass is 9.65. The summed E-state index contributed by atoms with van der Waals surface area (Å²) in [6, 6.07) is 4.22. The number of amides is 1. The summed E-state index contributed by atoms with van der Waals surface area (Å²) < 4.78 is 0. The quantitative estimate of drug-likeness (QED) is 0.402. The van der Waals surface area contributed by atoms with E-state index in [0.29, 0.717) is 0 Å². The van der Waals surface area contributed by atoms with Crippen molar-refractivity contribution < 1.29 is 4.79 Å². The molecule has 0 atom stereocenters. The average molecular weight is 478 g/mol. The summed E-state index contributed by atoms with van der Waals surface area (Å²) in [4.78, 5) is 21.7. The van der Waals surface area contributed by atoms with Crippen molar-refractivity contribution in [2.24, 2.45) is 10.4 Å². The highest BCUT2D eigenvalue weighted by Gasteiger charge is 2.53. The predicted octanol–water partition coefficient (Wildman–Crippen LogP) is 3.06. The van der Waals surface area contributed by atoms with Gasteiger partial charge in [-0.1, -0.05) is 19.9 Å². The standard InChI is InChI=1S/C18H30N4OS.HI/c1-17(2)13-22(18(17,3)4)16(20-12-15(23)21(5)6)19-10-9-14-8-7-11-24-14;/h7-8,11H,9-10,12-13H2,1-6H3,(H,19,20);1H. The number of halogens is 1.